The van der Waals surface area contributed by atoms with Gasteiger partial charge in [-0.05, 0) is 24.6 Å². The van der Waals surface area contributed by atoms with Crippen LogP contribution in [0.3, 0.4) is 0 Å². The number of benzene rings is 1. The topological polar surface area (TPSA) is 135 Å². The molecule has 0 aliphatic heterocycles. The molecule has 0 aliphatic rings. The second kappa shape index (κ2) is 8.68. The normalized spacial score (nSPS) is 11.0. The third-order valence-electron chi connectivity index (χ3n) is 3.73. The number of aliphatic carboxylic acids is 2. The Morgan fingerprint density at radius 2 is 1.63 bits per heavy atom. The highest BCUT2D eigenvalue weighted by atomic mass is 19.4. The number of carboxylic acids is 2. The van der Waals surface area contributed by atoms with Gasteiger partial charge in [0.1, 0.15) is 18.1 Å². The number of carboxylic acid groups (broad SMARTS) is 2. The molecule has 3 aromatic rings. The molecular weight excluding hydrogens is 409 g/mol. The van der Waals surface area contributed by atoms with Crippen LogP contribution >= 0.6 is 0 Å². The number of ketones is 1. The predicted molar refractivity (Wildman–Crippen MR) is 96.8 cm³/mol. The van der Waals surface area contributed by atoms with Crippen LogP contribution in [0.1, 0.15) is 23.2 Å². The lowest BCUT2D eigenvalue weighted by atomic mass is 10.1. The number of carbonyl (C=O) groups excluding carboxylic acids is 1. The summed E-state index contributed by atoms with van der Waals surface area (Å²) in [7, 11) is 0. The molecule has 158 valence electrons. The first-order valence-corrected chi connectivity index (χ1v) is 8.22. The molecule has 0 atom stereocenters. The lowest BCUT2D eigenvalue weighted by Crippen LogP contribution is -2.21. The van der Waals surface area contributed by atoms with Gasteiger partial charge in [0.15, 0.2) is 5.78 Å². The van der Waals surface area contributed by atoms with Gasteiger partial charge in [0.2, 0.25) is 0 Å². The highest BCUT2D eigenvalue weighted by Gasteiger charge is 2.38. The number of hydrogen-bond acceptors (Lipinski definition) is 6. The summed E-state index contributed by atoms with van der Waals surface area (Å²) < 4.78 is 33.1. The molecule has 0 aliphatic carbocycles. The Morgan fingerprint density at radius 1 is 1.07 bits per heavy atom. The van der Waals surface area contributed by atoms with Crippen LogP contribution in [0, 0.1) is 6.92 Å². The van der Waals surface area contributed by atoms with Crippen LogP contribution in [0.5, 0.6) is 0 Å². The Bertz CT molecular complexity index is 1110. The van der Waals surface area contributed by atoms with E-state index in [1.807, 2.05) is 6.07 Å². The Kier molecular flexibility index (Phi) is 6.49. The zero-order valence-corrected chi connectivity index (χ0v) is 15.6. The maximum absolute atomic E-state index is 11.7. The molecule has 30 heavy (non-hydrogen) atoms. The fourth-order valence-corrected chi connectivity index (χ4v) is 2.40. The Labute approximate surface area is 166 Å². The summed E-state index contributed by atoms with van der Waals surface area (Å²) in [5, 5.41) is 20.9. The summed E-state index contributed by atoms with van der Waals surface area (Å²) >= 11 is 0. The summed E-state index contributed by atoms with van der Waals surface area (Å²) in [6.07, 6.45) is -1.68. The fraction of sp³-hybridized carbons (Fsp3) is 0.222. The van der Waals surface area contributed by atoms with E-state index < -0.39 is 18.1 Å². The van der Waals surface area contributed by atoms with Crippen molar-refractivity contribution in [2.75, 3.05) is 0 Å². The van der Waals surface area contributed by atoms with Gasteiger partial charge < -0.3 is 10.2 Å². The predicted octanol–water partition coefficient (Wildman–Crippen LogP) is 2.72. The first-order chi connectivity index (χ1) is 13.9. The van der Waals surface area contributed by atoms with Crippen LogP contribution in [-0.2, 0) is 16.1 Å². The van der Waals surface area contributed by atoms with Crippen molar-refractivity contribution < 1.29 is 37.8 Å². The van der Waals surface area contributed by atoms with Crippen LogP contribution in [0.2, 0.25) is 0 Å². The molecule has 0 saturated heterocycles. The summed E-state index contributed by atoms with van der Waals surface area (Å²) in [5.41, 5.74) is 2.51. The number of hydrogen-bond donors (Lipinski definition) is 2. The second-order valence-electron chi connectivity index (χ2n) is 6.01. The van der Waals surface area contributed by atoms with Crippen LogP contribution in [-0.4, -0.2) is 53.9 Å². The average molecular weight is 424 g/mol. The summed E-state index contributed by atoms with van der Waals surface area (Å²) in [5.74, 6) is -3.31. The molecule has 2 aromatic heterocycles. The van der Waals surface area contributed by atoms with Crippen molar-refractivity contribution in [2.24, 2.45) is 0 Å². The van der Waals surface area contributed by atoms with Gasteiger partial charge in [-0.15, -0.1) is 0 Å². The SMILES string of the molecule is CC(=O)c1nn(CC(=O)O)c2cc(-c3cnc(C)nc3)ccc12.O=C(O)C(F)(F)F. The average Bonchev–Trinajstić information content (AvgIpc) is 2.99. The third kappa shape index (κ3) is 5.37. The summed E-state index contributed by atoms with van der Waals surface area (Å²) in [4.78, 5) is 39.9. The number of nitrogens with zero attached hydrogens (tertiary/aromatic N) is 4. The van der Waals surface area contributed by atoms with Crippen molar-refractivity contribution in [2.45, 2.75) is 26.6 Å². The van der Waals surface area contributed by atoms with E-state index in [2.05, 4.69) is 15.1 Å². The van der Waals surface area contributed by atoms with Crippen molar-refractivity contribution in [1.29, 1.82) is 0 Å². The molecule has 0 unspecified atom stereocenters. The molecule has 0 bridgehead atoms. The number of alkyl halides is 3. The van der Waals surface area contributed by atoms with E-state index in [-0.39, 0.29) is 18.0 Å². The van der Waals surface area contributed by atoms with Crippen LogP contribution in [0.25, 0.3) is 22.0 Å². The molecule has 0 radical (unpaired) electrons. The van der Waals surface area contributed by atoms with Crippen LogP contribution < -0.4 is 0 Å². The number of rotatable bonds is 4. The van der Waals surface area contributed by atoms with Crippen molar-refractivity contribution in [1.82, 2.24) is 19.7 Å². The zero-order valence-electron chi connectivity index (χ0n) is 15.6. The van der Waals surface area contributed by atoms with Gasteiger partial charge in [-0.3, -0.25) is 14.3 Å². The van der Waals surface area contributed by atoms with E-state index >= 15 is 0 Å². The number of aromatic nitrogens is 4. The molecule has 1 aromatic carbocycles. The van der Waals surface area contributed by atoms with E-state index in [4.69, 9.17) is 15.0 Å². The number of Topliss-reactive ketones (excluding diaryl/α,β-unsaturated/α-hetero) is 1. The van der Waals surface area contributed by atoms with Gasteiger partial charge in [-0.1, -0.05) is 6.07 Å². The number of fused-ring (bicyclic) bond motifs is 1. The van der Waals surface area contributed by atoms with Crippen LogP contribution in [0.4, 0.5) is 13.2 Å². The molecule has 12 heteroatoms. The van der Waals surface area contributed by atoms with E-state index in [1.165, 1.54) is 11.6 Å². The van der Waals surface area contributed by atoms with Crippen molar-refractivity contribution in [3.8, 4) is 11.1 Å². The van der Waals surface area contributed by atoms with Gasteiger partial charge in [0, 0.05) is 30.3 Å². The first kappa shape index (κ1) is 22.5. The Morgan fingerprint density at radius 3 is 2.10 bits per heavy atom. The quantitative estimate of drug-likeness (QED) is 0.611. The van der Waals surface area contributed by atoms with Crippen molar-refractivity contribution >= 4 is 28.6 Å². The fourth-order valence-electron chi connectivity index (χ4n) is 2.40. The number of carbonyl (C=O) groups is 3. The summed E-state index contributed by atoms with van der Waals surface area (Å²) in [6, 6.07) is 5.41. The van der Waals surface area contributed by atoms with Gasteiger partial charge in [-0.2, -0.15) is 18.3 Å². The maximum Gasteiger partial charge on any atom is 0.490 e. The molecule has 0 fully saturated rings. The Balaban J connectivity index is 0.000000396. The number of halogens is 3. The third-order valence-corrected chi connectivity index (χ3v) is 3.73. The molecule has 0 saturated carbocycles. The van der Waals surface area contributed by atoms with E-state index in [0.717, 1.165) is 11.1 Å². The monoisotopic (exact) mass is 424 g/mol. The van der Waals surface area contributed by atoms with E-state index in [1.54, 1.807) is 31.5 Å². The standard InChI is InChI=1S/C16H14N4O3.C2HF3O2/c1-9(21)16-13-4-3-11(12-6-17-10(2)18-7-12)5-14(13)20(19-16)8-15(22)23;3-2(4,5)1(6)7/h3-7H,8H2,1-2H3,(H,22,23);(H,6,7). The van der Waals surface area contributed by atoms with Gasteiger partial charge in [0.05, 0.1) is 5.52 Å². The molecular formula is C18H15F3N4O5. The molecule has 3 rings (SSSR count). The lowest BCUT2D eigenvalue weighted by molar-refractivity contribution is -0.192. The van der Waals surface area contributed by atoms with Crippen molar-refractivity contribution in [3.05, 3.63) is 42.1 Å². The number of aryl methyl sites for hydroxylation is 1. The maximum atomic E-state index is 11.7. The molecule has 0 amide bonds. The highest BCUT2D eigenvalue weighted by molar-refractivity contribution is 6.05. The molecule has 2 N–H and O–H groups in total. The molecule has 2 heterocycles. The lowest BCUT2D eigenvalue weighted by Gasteiger charge is -2.04. The Hall–Kier alpha value is -3.83. The minimum Gasteiger partial charge on any atom is -0.480 e. The smallest absolute Gasteiger partial charge is 0.480 e. The molecule has 9 nitrogen and oxygen atoms in total. The molecule has 0 spiro atoms. The van der Waals surface area contributed by atoms with E-state index in [0.29, 0.717) is 16.7 Å². The zero-order chi connectivity index (χ0) is 22.6. The minimum atomic E-state index is -5.08. The largest absolute Gasteiger partial charge is 0.490 e. The van der Waals surface area contributed by atoms with Crippen molar-refractivity contribution in [3.63, 3.8) is 0 Å². The first-order valence-electron chi connectivity index (χ1n) is 8.22. The van der Waals surface area contributed by atoms with E-state index in [9.17, 15) is 22.8 Å². The second-order valence-corrected chi connectivity index (χ2v) is 6.01. The van der Waals surface area contributed by atoms with Gasteiger partial charge in [-0.25, -0.2) is 14.8 Å². The van der Waals surface area contributed by atoms with Gasteiger partial charge in [0.25, 0.3) is 0 Å². The minimum absolute atomic E-state index is 0.203. The highest BCUT2D eigenvalue weighted by Crippen LogP contribution is 2.26. The van der Waals surface area contributed by atoms with Gasteiger partial charge >= 0.3 is 18.1 Å². The van der Waals surface area contributed by atoms with Crippen LogP contribution in [0.15, 0.2) is 30.6 Å². The summed E-state index contributed by atoms with van der Waals surface area (Å²) in [6.45, 7) is 2.90.